The first-order chi connectivity index (χ1) is 9.08. The Kier molecular flexibility index (Phi) is 5.83. The Bertz CT molecular complexity index is 451. The molecule has 0 spiro atoms. The van der Waals surface area contributed by atoms with Gasteiger partial charge in [-0.3, -0.25) is 4.79 Å². The summed E-state index contributed by atoms with van der Waals surface area (Å²) in [5, 5.41) is 8.67. The summed E-state index contributed by atoms with van der Waals surface area (Å²) in [6, 6.07) is 8.67. The number of hydrogen-bond donors (Lipinski definition) is 0. The van der Waals surface area contributed by atoms with Crippen LogP contribution in [0.4, 0.5) is 0 Å². The molecule has 0 bridgehead atoms. The van der Waals surface area contributed by atoms with Gasteiger partial charge in [0.2, 0.25) is 0 Å². The Morgan fingerprint density at radius 2 is 2.05 bits per heavy atom. The van der Waals surface area contributed by atoms with Crippen molar-refractivity contribution in [1.82, 2.24) is 4.90 Å². The second kappa shape index (κ2) is 7.39. The highest BCUT2D eigenvalue weighted by molar-refractivity contribution is 5.77. The molecule has 0 saturated heterocycles. The van der Waals surface area contributed by atoms with Gasteiger partial charge in [-0.05, 0) is 31.2 Å². The van der Waals surface area contributed by atoms with Crippen molar-refractivity contribution in [3.63, 3.8) is 0 Å². The van der Waals surface area contributed by atoms with Crippen molar-refractivity contribution in [3.05, 3.63) is 29.8 Å². The summed E-state index contributed by atoms with van der Waals surface area (Å²) in [7, 11) is 3.32. The van der Waals surface area contributed by atoms with Crippen LogP contribution in [0.5, 0.6) is 5.75 Å². The van der Waals surface area contributed by atoms with Gasteiger partial charge in [0, 0.05) is 14.2 Å². The zero-order chi connectivity index (χ0) is 14.3. The van der Waals surface area contributed by atoms with E-state index in [0.717, 1.165) is 0 Å². The van der Waals surface area contributed by atoms with Crippen LogP contribution in [0.25, 0.3) is 0 Å². The summed E-state index contributed by atoms with van der Waals surface area (Å²) in [5.41, 5.74) is 0.560. The van der Waals surface area contributed by atoms with Crippen LogP contribution < -0.4 is 4.74 Å². The molecule has 5 nitrogen and oxygen atoms in total. The standard InChI is InChI=1S/C14H18N2O3/c1-11(9-18-3)16(2)14(17)10-19-13-6-4-12(8-15)5-7-13/h4-7,11H,9-10H2,1-3H3. The second-order valence-corrected chi connectivity index (χ2v) is 4.23. The van der Waals surface area contributed by atoms with Crippen molar-refractivity contribution in [2.75, 3.05) is 27.4 Å². The van der Waals surface area contributed by atoms with Crippen molar-refractivity contribution >= 4 is 5.91 Å². The molecule has 1 aromatic rings. The van der Waals surface area contributed by atoms with Crippen LogP contribution in [0.3, 0.4) is 0 Å². The SMILES string of the molecule is COCC(C)N(C)C(=O)COc1ccc(C#N)cc1. The van der Waals surface area contributed by atoms with Crippen molar-refractivity contribution in [2.45, 2.75) is 13.0 Å². The first-order valence-electron chi connectivity index (χ1n) is 5.96. The summed E-state index contributed by atoms with van der Waals surface area (Å²) in [4.78, 5) is 13.4. The minimum Gasteiger partial charge on any atom is -0.484 e. The number of nitrogens with zero attached hydrogens (tertiary/aromatic N) is 2. The number of nitriles is 1. The quantitative estimate of drug-likeness (QED) is 0.778. The number of carbonyl (C=O) groups is 1. The van der Waals surface area contributed by atoms with Crippen LogP contribution in [0.2, 0.25) is 0 Å². The predicted octanol–water partition coefficient (Wildman–Crippen LogP) is 1.43. The molecule has 0 fully saturated rings. The fraction of sp³-hybridized carbons (Fsp3) is 0.429. The summed E-state index contributed by atoms with van der Waals surface area (Å²) < 4.78 is 10.4. The Hall–Kier alpha value is -2.06. The fourth-order valence-electron chi connectivity index (χ4n) is 1.47. The lowest BCUT2D eigenvalue weighted by molar-refractivity contribution is -0.134. The Balaban J connectivity index is 2.47. The Morgan fingerprint density at radius 1 is 1.42 bits per heavy atom. The number of benzene rings is 1. The molecule has 19 heavy (non-hydrogen) atoms. The van der Waals surface area contributed by atoms with Gasteiger partial charge in [-0.25, -0.2) is 0 Å². The third-order valence-corrected chi connectivity index (χ3v) is 2.81. The summed E-state index contributed by atoms with van der Waals surface area (Å²) in [5.74, 6) is 0.453. The maximum absolute atomic E-state index is 11.8. The molecule has 1 rings (SSSR count). The first kappa shape index (κ1) is 15.0. The molecule has 1 amide bonds. The van der Waals surface area contributed by atoms with E-state index in [2.05, 4.69) is 0 Å². The van der Waals surface area contributed by atoms with E-state index in [4.69, 9.17) is 14.7 Å². The van der Waals surface area contributed by atoms with E-state index in [0.29, 0.717) is 17.9 Å². The minimum absolute atomic E-state index is 0.00191. The molecule has 1 unspecified atom stereocenters. The summed E-state index contributed by atoms with van der Waals surface area (Å²) >= 11 is 0. The number of ether oxygens (including phenoxy) is 2. The molecule has 0 saturated carbocycles. The van der Waals surface area contributed by atoms with Gasteiger partial charge in [-0.15, -0.1) is 0 Å². The van der Waals surface area contributed by atoms with Crippen LogP contribution in [0.1, 0.15) is 12.5 Å². The average molecular weight is 262 g/mol. The molecule has 1 atom stereocenters. The maximum atomic E-state index is 11.8. The smallest absolute Gasteiger partial charge is 0.260 e. The molecule has 0 aliphatic heterocycles. The average Bonchev–Trinajstić information content (AvgIpc) is 2.44. The highest BCUT2D eigenvalue weighted by Gasteiger charge is 2.15. The van der Waals surface area contributed by atoms with Crippen molar-refractivity contribution < 1.29 is 14.3 Å². The van der Waals surface area contributed by atoms with Crippen LogP contribution in [0.15, 0.2) is 24.3 Å². The molecular weight excluding hydrogens is 244 g/mol. The topological polar surface area (TPSA) is 62.6 Å². The zero-order valence-electron chi connectivity index (χ0n) is 11.4. The predicted molar refractivity (Wildman–Crippen MR) is 70.8 cm³/mol. The molecule has 0 aliphatic carbocycles. The molecule has 0 radical (unpaired) electrons. The molecule has 1 aromatic carbocycles. The van der Waals surface area contributed by atoms with Crippen molar-refractivity contribution in [1.29, 1.82) is 5.26 Å². The lowest BCUT2D eigenvalue weighted by Gasteiger charge is -2.24. The second-order valence-electron chi connectivity index (χ2n) is 4.23. The third-order valence-electron chi connectivity index (χ3n) is 2.81. The highest BCUT2D eigenvalue weighted by Crippen LogP contribution is 2.11. The van der Waals surface area contributed by atoms with Crippen LogP contribution in [0, 0.1) is 11.3 Å². The molecule has 0 N–H and O–H groups in total. The minimum atomic E-state index is -0.117. The largest absolute Gasteiger partial charge is 0.484 e. The Labute approximate surface area is 113 Å². The van der Waals surface area contributed by atoms with Gasteiger partial charge in [-0.2, -0.15) is 5.26 Å². The van der Waals surface area contributed by atoms with E-state index < -0.39 is 0 Å². The van der Waals surface area contributed by atoms with Gasteiger partial charge in [0.15, 0.2) is 6.61 Å². The van der Waals surface area contributed by atoms with Gasteiger partial charge in [0.25, 0.3) is 5.91 Å². The number of carbonyl (C=O) groups excluding carboxylic acids is 1. The van der Waals surface area contributed by atoms with E-state index in [9.17, 15) is 4.79 Å². The molecular formula is C14H18N2O3. The van der Waals surface area contributed by atoms with Gasteiger partial charge < -0.3 is 14.4 Å². The first-order valence-corrected chi connectivity index (χ1v) is 5.96. The van der Waals surface area contributed by atoms with E-state index in [1.54, 1.807) is 43.3 Å². The number of hydrogen-bond acceptors (Lipinski definition) is 4. The molecule has 0 aliphatic rings. The van der Waals surface area contributed by atoms with Crippen LogP contribution >= 0.6 is 0 Å². The van der Waals surface area contributed by atoms with E-state index in [1.165, 1.54) is 0 Å². The highest BCUT2D eigenvalue weighted by atomic mass is 16.5. The third kappa shape index (κ3) is 4.60. The van der Waals surface area contributed by atoms with Gasteiger partial charge in [-0.1, -0.05) is 0 Å². The lowest BCUT2D eigenvalue weighted by atomic mass is 10.2. The van der Waals surface area contributed by atoms with E-state index in [1.807, 2.05) is 13.0 Å². The molecule has 102 valence electrons. The number of amides is 1. The number of likely N-dealkylation sites (N-methyl/N-ethyl adjacent to an activating group) is 1. The van der Waals surface area contributed by atoms with E-state index >= 15 is 0 Å². The van der Waals surface area contributed by atoms with Gasteiger partial charge in [0.1, 0.15) is 5.75 Å². The monoisotopic (exact) mass is 262 g/mol. The maximum Gasteiger partial charge on any atom is 0.260 e. The number of methoxy groups -OCH3 is 1. The zero-order valence-corrected chi connectivity index (χ0v) is 11.4. The molecule has 0 heterocycles. The Morgan fingerprint density at radius 3 is 2.58 bits per heavy atom. The van der Waals surface area contributed by atoms with Crippen molar-refractivity contribution in [2.24, 2.45) is 0 Å². The number of rotatable bonds is 6. The van der Waals surface area contributed by atoms with Gasteiger partial charge >= 0.3 is 0 Å². The van der Waals surface area contributed by atoms with Crippen LogP contribution in [-0.2, 0) is 9.53 Å². The fourth-order valence-corrected chi connectivity index (χ4v) is 1.47. The molecule has 0 aromatic heterocycles. The van der Waals surface area contributed by atoms with Crippen molar-refractivity contribution in [3.8, 4) is 11.8 Å². The van der Waals surface area contributed by atoms with Gasteiger partial charge in [0.05, 0.1) is 24.3 Å². The summed E-state index contributed by atoms with van der Waals surface area (Å²) in [6.07, 6.45) is 0. The summed E-state index contributed by atoms with van der Waals surface area (Å²) in [6.45, 7) is 2.36. The van der Waals surface area contributed by atoms with E-state index in [-0.39, 0.29) is 18.6 Å². The normalized spacial score (nSPS) is 11.5. The van der Waals surface area contributed by atoms with Crippen LogP contribution in [-0.4, -0.2) is 44.2 Å². The lowest BCUT2D eigenvalue weighted by Crippen LogP contribution is -2.40. The molecule has 5 heteroatoms.